The van der Waals surface area contributed by atoms with Crippen molar-refractivity contribution in [3.63, 3.8) is 0 Å². The Labute approximate surface area is 120 Å². The SMILES string of the molecule is Cc1nn(C)c(Cl)c1/C=C/C(=O)NCc1cccs1. The third-order valence-electron chi connectivity index (χ3n) is 2.61. The van der Waals surface area contributed by atoms with Gasteiger partial charge in [0.25, 0.3) is 0 Å². The average molecular weight is 296 g/mol. The van der Waals surface area contributed by atoms with E-state index in [2.05, 4.69) is 10.4 Å². The molecule has 19 heavy (non-hydrogen) atoms. The van der Waals surface area contributed by atoms with Crippen LogP contribution in [0.1, 0.15) is 16.1 Å². The van der Waals surface area contributed by atoms with Crippen molar-refractivity contribution < 1.29 is 4.79 Å². The van der Waals surface area contributed by atoms with E-state index in [0.717, 1.165) is 16.1 Å². The Balaban J connectivity index is 1.96. The van der Waals surface area contributed by atoms with Crippen LogP contribution in [0.25, 0.3) is 6.08 Å². The highest BCUT2D eigenvalue weighted by atomic mass is 35.5. The van der Waals surface area contributed by atoms with Crippen LogP contribution >= 0.6 is 22.9 Å². The number of halogens is 1. The van der Waals surface area contributed by atoms with Crippen molar-refractivity contribution >= 4 is 34.9 Å². The van der Waals surface area contributed by atoms with Gasteiger partial charge in [-0.15, -0.1) is 11.3 Å². The van der Waals surface area contributed by atoms with Crippen molar-refractivity contribution in [1.82, 2.24) is 15.1 Å². The largest absolute Gasteiger partial charge is 0.348 e. The molecule has 0 bridgehead atoms. The molecule has 0 aliphatic rings. The lowest BCUT2D eigenvalue weighted by atomic mass is 10.2. The second-order valence-corrected chi connectivity index (χ2v) is 5.43. The van der Waals surface area contributed by atoms with Gasteiger partial charge in [0.2, 0.25) is 5.91 Å². The average Bonchev–Trinajstić information content (AvgIpc) is 2.96. The van der Waals surface area contributed by atoms with E-state index in [-0.39, 0.29) is 5.91 Å². The number of aromatic nitrogens is 2. The van der Waals surface area contributed by atoms with E-state index in [0.29, 0.717) is 11.7 Å². The molecule has 2 aromatic heterocycles. The molecular formula is C13H14ClN3OS. The second-order valence-electron chi connectivity index (χ2n) is 4.04. The number of hydrogen-bond donors (Lipinski definition) is 1. The standard InChI is InChI=1S/C13H14ClN3OS/c1-9-11(13(14)17(2)16-9)5-6-12(18)15-8-10-4-3-7-19-10/h3-7H,8H2,1-2H3,(H,15,18)/b6-5+. The van der Waals surface area contributed by atoms with Crippen molar-refractivity contribution in [2.45, 2.75) is 13.5 Å². The molecule has 2 aromatic rings. The zero-order chi connectivity index (χ0) is 13.8. The van der Waals surface area contributed by atoms with E-state index in [4.69, 9.17) is 11.6 Å². The molecule has 1 amide bonds. The quantitative estimate of drug-likeness (QED) is 0.882. The van der Waals surface area contributed by atoms with Crippen LogP contribution in [0.3, 0.4) is 0 Å². The highest BCUT2D eigenvalue weighted by Gasteiger charge is 2.08. The van der Waals surface area contributed by atoms with Crippen molar-refractivity contribution in [3.05, 3.63) is 44.9 Å². The van der Waals surface area contributed by atoms with Gasteiger partial charge in [0, 0.05) is 23.6 Å². The first-order valence-electron chi connectivity index (χ1n) is 5.75. The molecule has 0 spiro atoms. The summed E-state index contributed by atoms with van der Waals surface area (Å²) < 4.78 is 1.58. The molecule has 6 heteroatoms. The van der Waals surface area contributed by atoms with Gasteiger partial charge in [-0.2, -0.15) is 5.10 Å². The van der Waals surface area contributed by atoms with Crippen molar-refractivity contribution in [1.29, 1.82) is 0 Å². The minimum atomic E-state index is -0.146. The molecular weight excluding hydrogens is 282 g/mol. The number of carbonyl (C=O) groups is 1. The second kappa shape index (κ2) is 6.04. The molecule has 1 N–H and O–H groups in total. The van der Waals surface area contributed by atoms with Crippen molar-refractivity contribution in [2.24, 2.45) is 7.05 Å². The molecule has 0 saturated heterocycles. The number of nitrogens with one attached hydrogen (secondary N) is 1. The number of aryl methyl sites for hydroxylation is 2. The summed E-state index contributed by atoms with van der Waals surface area (Å²) in [7, 11) is 1.77. The summed E-state index contributed by atoms with van der Waals surface area (Å²) in [5.41, 5.74) is 1.57. The topological polar surface area (TPSA) is 46.9 Å². The van der Waals surface area contributed by atoms with Crippen molar-refractivity contribution in [2.75, 3.05) is 0 Å². The predicted molar refractivity (Wildman–Crippen MR) is 78.2 cm³/mol. The summed E-state index contributed by atoms with van der Waals surface area (Å²) in [6, 6.07) is 3.94. The van der Waals surface area contributed by atoms with Gasteiger partial charge in [-0.25, -0.2) is 0 Å². The third-order valence-corrected chi connectivity index (χ3v) is 3.94. The van der Waals surface area contributed by atoms with Crippen LogP contribution in [0.4, 0.5) is 0 Å². The highest BCUT2D eigenvalue weighted by Crippen LogP contribution is 2.19. The fraction of sp³-hybridized carbons (Fsp3) is 0.231. The number of rotatable bonds is 4. The number of nitrogens with zero attached hydrogens (tertiary/aromatic N) is 2. The summed E-state index contributed by atoms with van der Waals surface area (Å²) in [5, 5.41) is 9.50. The summed E-state index contributed by atoms with van der Waals surface area (Å²) >= 11 is 7.69. The Bertz CT molecular complexity index is 602. The lowest BCUT2D eigenvalue weighted by molar-refractivity contribution is -0.116. The number of amides is 1. The first-order chi connectivity index (χ1) is 9.08. The summed E-state index contributed by atoms with van der Waals surface area (Å²) in [4.78, 5) is 12.8. The lowest BCUT2D eigenvalue weighted by Crippen LogP contribution is -2.19. The van der Waals surface area contributed by atoms with Gasteiger partial charge in [-0.1, -0.05) is 17.7 Å². The molecule has 0 radical (unpaired) electrons. The summed E-state index contributed by atoms with van der Waals surface area (Å²) in [5.74, 6) is -0.146. The molecule has 0 unspecified atom stereocenters. The number of thiophene rings is 1. The van der Waals surface area contributed by atoms with E-state index in [9.17, 15) is 4.79 Å². The van der Waals surface area contributed by atoms with Crippen LogP contribution in [0.5, 0.6) is 0 Å². The normalized spacial score (nSPS) is 11.1. The van der Waals surface area contributed by atoms with Gasteiger partial charge in [-0.05, 0) is 24.4 Å². The molecule has 0 aromatic carbocycles. The zero-order valence-corrected chi connectivity index (χ0v) is 12.3. The Morgan fingerprint density at radius 1 is 1.63 bits per heavy atom. The Hall–Kier alpha value is -1.59. The van der Waals surface area contributed by atoms with E-state index >= 15 is 0 Å². The van der Waals surface area contributed by atoms with E-state index < -0.39 is 0 Å². The first-order valence-corrected chi connectivity index (χ1v) is 7.01. The van der Waals surface area contributed by atoms with Crippen LogP contribution in [0.15, 0.2) is 23.6 Å². The van der Waals surface area contributed by atoms with E-state index in [1.165, 1.54) is 6.08 Å². The fourth-order valence-electron chi connectivity index (χ4n) is 1.64. The summed E-state index contributed by atoms with van der Waals surface area (Å²) in [6.45, 7) is 2.40. The van der Waals surface area contributed by atoms with Crippen LogP contribution in [0, 0.1) is 6.92 Å². The zero-order valence-electron chi connectivity index (χ0n) is 10.7. The molecule has 4 nitrogen and oxygen atoms in total. The molecule has 2 heterocycles. The van der Waals surface area contributed by atoms with E-state index in [1.807, 2.05) is 24.4 Å². The van der Waals surface area contributed by atoms with Crippen molar-refractivity contribution in [3.8, 4) is 0 Å². The first kappa shape index (κ1) is 13.8. The maximum absolute atomic E-state index is 11.7. The molecule has 0 aliphatic carbocycles. The fourth-order valence-corrected chi connectivity index (χ4v) is 2.52. The van der Waals surface area contributed by atoms with Gasteiger partial charge >= 0.3 is 0 Å². The van der Waals surface area contributed by atoms with Gasteiger partial charge < -0.3 is 5.32 Å². The third kappa shape index (κ3) is 3.45. The monoisotopic (exact) mass is 295 g/mol. The number of hydrogen-bond acceptors (Lipinski definition) is 3. The predicted octanol–water partition coefficient (Wildman–Crippen LogP) is 2.77. The molecule has 0 atom stereocenters. The minimum absolute atomic E-state index is 0.146. The maximum atomic E-state index is 11.7. The highest BCUT2D eigenvalue weighted by molar-refractivity contribution is 7.09. The van der Waals surface area contributed by atoms with Gasteiger partial charge in [0.15, 0.2) is 0 Å². The van der Waals surface area contributed by atoms with Gasteiger partial charge in [0.05, 0.1) is 12.2 Å². The minimum Gasteiger partial charge on any atom is -0.348 e. The summed E-state index contributed by atoms with van der Waals surface area (Å²) in [6.07, 6.45) is 3.16. The van der Waals surface area contributed by atoms with Crippen LogP contribution < -0.4 is 5.32 Å². The van der Waals surface area contributed by atoms with Crippen LogP contribution in [0.2, 0.25) is 5.15 Å². The molecule has 2 rings (SSSR count). The van der Waals surface area contributed by atoms with Gasteiger partial charge in [0.1, 0.15) is 5.15 Å². The molecule has 0 saturated carbocycles. The van der Waals surface area contributed by atoms with Crippen LogP contribution in [-0.4, -0.2) is 15.7 Å². The number of carbonyl (C=O) groups excluding carboxylic acids is 1. The van der Waals surface area contributed by atoms with Crippen LogP contribution in [-0.2, 0) is 18.4 Å². The maximum Gasteiger partial charge on any atom is 0.244 e. The smallest absolute Gasteiger partial charge is 0.244 e. The van der Waals surface area contributed by atoms with Gasteiger partial charge in [-0.3, -0.25) is 9.48 Å². The molecule has 0 fully saturated rings. The lowest BCUT2D eigenvalue weighted by Gasteiger charge is -1.98. The van der Waals surface area contributed by atoms with E-state index in [1.54, 1.807) is 29.1 Å². The Morgan fingerprint density at radius 3 is 3.00 bits per heavy atom. The molecule has 100 valence electrons. The molecule has 0 aliphatic heterocycles. The Morgan fingerprint density at radius 2 is 2.42 bits per heavy atom. The Kier molecular flexibility index (Phi) is 4.39.